The third kappa shape index (κ3) is 5.32. The first kappa shape index (κ1) is 18.5. The summed E-state index contributed by atoms with van der Waals surface area (Å²) in [5, 5.41) is 14.5. The van der Waals surface area contributed by atoms with Crippen LogP contribution in [-0.2, 0) is 9.59 Å². The molecule has 3 aromatic rings. The summed E-state index contributed by atoms with van der Waals surface area (Å²) in [6, 6.07) is 18.3. The molecule has 0 spiro atoms. The van der Waals surface area contributed by atoms with E-state index in [-0.39, 0.29) is 11.8 Å². The molecule has 0 radical (unpaired) electrons. The third-order valence-corrected chi connectivity index (χ3v) is 4.54. The van der Waals surface area contributed by atoms with Gasteiger partial charge in [0.15, 0.2) is 0 Å². The number of nitrogens with one attached hydrogen (secondary N) is 2. The predicted octanol–water partition coefficient (Wildman–Crippen LogP) is 3.36. The molecule has 2 aromatic carbocycles. The highest BCUT2D eigenvalue weighted by Gasteiger charge is 2.16. The van der Waals surface area contributed by atoms with E-state index in [2.05, 4.69) is 20.8 Å². The van der Waals surface area contributed by atoms with Gasteiger partial charge in [-0.3, -0.25) is 14.9 Å². The molecular formula is C20H18N4O2S. The summed E-state index contributed by atoms with van der Waals surface area (Å²) in [4.78, 5) is 24.2. The fourth-order valence-electron chi connectivity index (χ4n) is 2.25. The Morgan fingerprint density at radius 3 is 2.37 bits per heavy atom. The Morgan fingerprint density at radius 1 is 1.00 bits per heavy atom. The smallest absolute Gasteiger partial charge is 0.248 e. The number of carbonyl (C=O) groups is 2. The van der Waals surface area contributed by atoms with Gasteiger partial charge in [-0.15, -0.1) is 10.2 Å². The summed E-state index contributed by atoms with van der Waals surface area (Å²) in [7, 11) is 0. The van der Waals surface area contributed by atoms with Crippen molar-refractivity contribution in [2.45, 2.75) is 13.0 Å². The topological polar surface area (TPSA) is 84.0 Å². The SMILES string of the molecule is C[C@@H](NC(=O)/C=C/c1ccccc1)C(=O)Nc1nnc(-c2ccccc2)s1. The molecule has 27 heavy (non-hydrogen) atoms. The van der Waals surface area contributed by atoms with E-state index in [0.717, 1.165) is 11.1 Å². The van der Waals surface area contributed by atoms with Crippen LogP contribution in [0.4, 0.5) is 5.13 Å². The average Bonchev–Trinajstić information content (AvgIpc) is 3.16. The van der Waals surface area contributed by atoms with Crippen molar-refractivity contribution in [3.05, 3.63) is 72.3 Å². The molecule has 2 N–H and O–H groups in total. The van der Waals surface area contributed by atoms with Crippen LogP contribution < -0.4 is 10.6 Å². The van der Waals surface area contributed by atoms with Gasteiger partial charge >= 0.3 is 0 Å². The lowest BCUT2D eigenvalue weighted by Gasteiger charge is -2.11. The van der Waals surface area contributed by atoms with Gasteiger partial charge in [0, 0.05) is 11.6 Å². The largest absolute Gasteiger partial charge is 0.341 e. The number of rotatable bonds is 6. The molecule has 0 fully saturated rings. The maximum atomic E-state index is 12.3. The van der Waals surface area contributed by atoms with Gasteiger partial charge in [0.05, 0.1) is 0 Å². The third-order valence-electron chi connectivity index (χ3n) is 3.65. The van der Waals surface area contributed by atoms with Gasteiger partial charge in [-0.1, -0.05) is 72.0 Å². The minimum Gasteiger partial charge on any atom is -0.341 e. The molecule has 7 heteroatoms. The maximum absolute atomic E-state index is 12.3. The van der Waals surface area contributed by atoms with Crippen molar-refractivity contribution in [1.82, 2.24) is 15.5 Å². The molecule has 1 heterocycles. The second-order valence-electron chi connectivity index (χ2n) is 5.74. The summed E-state index contributed by atoms with van der Waals surface area (Å²) in [6.07, 6.45) is 3.09. The molecule has 1 aromatic heterocycles. The fourth-order valence-corrected chi connectivity index (χ4v) is 3.00. The first-order valence-electron chi connectivity index (χ1n) is 8.35. The molecule has 0 aliphatic carbocycles. The zero-order chi connectivity index (χ0) is 19.1. The molecule has 0 saturated heterocycles. The predicted molar refractivity (Wildman–Crippen MR) is 107 cm³/mol. The van der Waals surface area contributed by atoms with Gasteiger partial charge < -0.3 is 5.32 Å². The first-order valence-corrected chi connectivity index (χ1v) is 9.17. The van der Waals surface area contributed by atoms with Crippen molar-refractivity contribution >= 4 is 34.4 Å². The quantitative estimate of drug-likeness (QED) is 0.644. The van der Waals surface area contributed by atoms with Crippen molar-refractivity contribution in [3.8, 4) is 10.6 Å². The molecule has 2 amide bonds. The Bertz CT molecular complexity index is 939. The van der Waals surface area contributed by atoms with Gasteiger partial charge in [0.2, 0.25) is 16.9 Å². The Balaban J connectivity index is 1.54. The van der Waals surface area contributed by atoms with Crippen LogP contribution in [0.2, 0.25) is 0 Å². The standard InChI is InChI=1S/C20H18N4O2S/c1-14(21-17(25)13-12-15-8-4-2-5-9-15)18(26)22-20-24-23-19(27-20)16-10-6-3-7-11-16/h2-14H,1H3,(H,21,25)(H,22,24,26)/b13-12+/t14-/m1/s1. The summed E-state index contributed by atoms with van der Waals surface area (Å²) in [5.74, 6) is -0.698. The lowest BCUT2D eigenvalue weighted by Crippen LogP contribution is -2.40. The highest BCUT2D eigenvalue weighted by molar-refractivity contribution is 7.18. The van der Waals surface area contributed by atoms with Crippen LogP contribution in [0, 0.1) is 0 Å². The molecular weight excluding hydrogens is 360 g/mol. The average molecular weight is 378 g/mol. The van der Waals surface area contributed by atoms with Crippen LogP contribution in [0.3, 0.4) is 0 Å². The number of hydrogen-bond donors (Lipinski definition) is 2. The van der Waals surface area contributed by atoms with Crippen LogP contribution in [0.25, 0.3) is 16.6 Å². The van der Waals surface area contributed by atoms with E-state index in [0.29, 0.717) is 10.1 Å². The van der Waals surface area contributed by atoms with E-state index in [1.54, 1.807) is 13.0 Å². The maximum Gasteiger partial charge on any atom is 0.248 e. The molecule has 0 aliphatic heterocycles. The molecule has 0 unspecified atom stereocenters. The number of carbonyl (C=O) groups excluding carboxylic acids is 2. The second kappa shape index (κ2) is 8.86. The van der Waals surface area contributed by atoms with Gasteiger partial charge in [-0.2, -0.15) is 0 Å². The lowest BCUT2D eigenvalue weighted by molar-refractivity contribution is -0.123. The molecule has 0 bridgehead atoms. The van der Waals surface area contributed by atoms with Crippen LogP contribution >= 0.6 is 11.3 Å². The summed E-state index contributed by atoms with van der Waals surface area (Å²) < 4.78 is 0. The van der Waals surface area contributed by atoms with E-state index in [9.17, 15) is 9.59 Å². The summed E-state index contributed by atoms with van der Waals surface area (Å²) >= 11 is 1.28. The van der Waals surface area contributed by atoms with Crippen LogP contribution in [0.1, 0.15) is 12.5 Å². The minimum absolute atomic E-state index is 0.344. The number of anilines is 1. The summed E-state index contributed by atoms with van der Waals surface area (Å²) in [6.45, 7) is 1.61. The molecule has 136 valence electrons. The van der Waals surface area contributed by atoms with Gasteiger partial charge in [-0.25, -0.2) is 0 Å². The molecule has 3 rings (SSSR count). The van der Waals surface area contributed by atoms with E-state index in [4.69, 9.17) is 0 Å². The van der Waals surface area contributed by atoms with Crippen LogP contribution in [-0.4, -0.2) is 28.1 Å². The molecule has 0 aliphatic rings. The Hall–Kier alpha value is -3.32. The Labute approximate surface area is 161 Å². The lowest BCUT2D eigenvalue weighted by atomic mass is 10.2. The number of hydrogen-bond acceptors (Lipinski definition) is 5. The number of amides is 2. The highest BCUT2D eigenvalue weighted by atomic mass is 32.1. The van der Waals surface area contributed by atoms with Crippen LogP contribution in [0.15, 0.2) is 66.7 Å². The Morgan fingerprint density at radius 2 is 1.67 bits per heavy atom. The van der Waals surface area contributed by atoms with E-state index < -0.39 is 6.04 Å². The van der Waals surface area contributed by atoms with E-state index in [1.807, 2.05) is 60.7 Å². The Kier molecular flexibility index (Phi) is 6.06. The van der Waals surface area contributed by atoms with Crippen molar-refractivity contribution < 1.29 is 9.59 Å². The van der Waals surface area contributed by atoms with Crippen molar-refractivity contribution in [1.29, 1.82) is 0 Å². The molecule has 6 nitrogen and oxygen atoms in total. The zero-order valence-corrected chi connectivity index (χ0v) is 15.4. The monoisotopic (exact) mass is 378 g/mol. The van der Waals surface area contributed by atoms with E-state index in [1.165, 1.54) is 17.4 Å². The number of nitrogens with zero attached hydrogens (tertiary/aromatic N) is 2. The fraction of sp³-hybridized carbons (Fsp3) is 0.100. The number of benzene rings is 2. The van der Waals surface area contributed by atoms with Crippen molar-refractivity contribution in [2.24, 2.45) is 0 Å². The molecule has 1 atom stereocenters. The molecule has 0 saturated carbocycles. The summed E-state index contributed by atoms with van der Waals surface area (Å²) in [5.41, 5.74) is 1.84. The van der Waals surface area contributed by atoms with E-state index >= 15 is 0 Å². The van der Waals surface area contributed by atoms with Crippen molar-refractivity contribution in [3.63, 3.8) is 0 Å². The first-order chi connectivity index (χ1) is 13.1. The number of aromatic nitrogens is 2. The zero-order valence-electron chi connectivity index (χ0n) is 14.6. The van der Waals surface area contributed by atoms with Gasteiger partial charge in [0.1, 0.15) is 11.0 Å². The van der Waals surface area contributed by atoms with Crippen molar-refractivity contribution in [2.75, 3.05) is 5.32 Å². The second-order valence-corrected chi connectivity index (χ2v) is 6.72. The minimum atomic E-state index is -0.706. The van der Waals surface area contributed by atoms with Gasteiger partial charge in [-0.05, 0) is 18.6 Å². The van der Waals surface area contributed by atoms with Crippen LogP contribution in [0.5, 0.6) is 0 Å². The van der Waals surface area contributed by atoms with Gasteiger partial charge in [0.25, 0.3) is 0 Å². The highest BCUT2D eigenvalue weighted by Crippen LogP contribution is 2.25. The normalized spacial score (nSPS) is 11.9.